The first-order valence-electron chi connectivity index (χ1n) is 6.93. The minimum Gasteiger partial charge on any atom is -0.330 e. The molecule has 0 spiro atoms. The number of piperidine rings is 1. The molecule has 0 radical (unpaired) electrons. The molecule has 1 aliphatic heterocycles. The van der Waals surface area contributed by atoms with E-state index in [0.29, 0.717) is 24.1 Å². The second-order valence-electron chi connectivity index (χ2n) is 5.60. The number of nitrogens with zero attached hydrogens (tertiary/aromatic N) is 1. The van der Waals surface area contributed by atoms with Crippen molar-refractivity contribution < 1.29 is 8.78 Å². The summed E-state index contributed by atoms with van der Waals surface area (Å²) >= 11 is 0. The normalized spacial score (nSPS) is 26.4. The fourth-order valence-corrected chi connectivity index (χ4v) is 2.95. The maximum atomic E-state index is 13.3. The fourth-order valence-electron chi connectivity index (χ4n) is 2.95. The van der Waals surface area contributed by atoms with Crippen LogP contribution in [0, 0.1) is 17.6 Å². The Morgan fingerprint density at radius 2 is 1.89 bits per heavy atom. The van der Waals surface area contributed by atoms with Crippen LogP contribution in [-0.2, 0) is 0 Å². The lowest BCUT2D eigenvalue weighted by molar-refractivity contribution is 0.0810. The van der Waals surface area contributed by atoms with Crippen LogP contribution in [0.4, 0.5) is 8.78 Å². The Bertz CT molecular complexity index is 416. The Hall–Kier alpha value is -1.00. The number of rotatable bonds is 3. The summed E-state index contributed by atoms with van der Waals surface area (Å²) in [5.41, 5.74) is 6.45. The van der Waals surface area contributed by atoms with Gasteiger partial charge in [-0.05, 0) is 56.8 Å². The third kappa shape index (κ3) is 3.31. The minimum absolute atomic E-state index is 0.00884. The molecule has 2 nitrogen and oxygen atoms in total. The lowest BCUT2D eigenvalue weighted by Gasteiger charge is -2.41. The van der Waals surface area contributed by atoms with Gasteiger partial charge in [-0.3, -0.25) is 4.90 Å². The van der Waals surface area contributed by atoms with Gasteiger partial charge < -0.3 is 5.73 Å². The molecule has 19 heavy (non-hydrogen) atoms. The Kier molecular flexibility index (Phi) is 4.53. The number of benzene rings is 1. The molecular weight excluding hydrogens is 246 g/mol. The number of halogens is 2. The zero-order valence-corrected chi connectivity index (χ0v) is 11.6. The van der Waals surface area contributed by atoms with Gasteiger partial charge in [0.2, 0.25) is 0 Å². The van der Waals surface area contributed by atoms with Gasteiger partial charge in [-0.25, -0.2) is 8.78 Å². The van der Waals surface area contributed by atoms with Crippen LogP contribution >= 0.6 is 0 Å². The number of hydrogen-bond acceptors (Lipinski definition) is 2. The third-order valence-corrected chi connectivity index (χ3v) is 4.23. The Morgan fingerprint density at radius 1 is 1.26 bits per heavy atom. The molecule has 0 saturated carbocycles. The van der Waals surface area contributed by atoms with Crippen LogP contribution in [-0.4, -0.2) is 24.0 Å². The third-order valence-electron chi connectivity index (χ3n) is 4.23. The molecule has 1 aromatic carbocycles. The predicted molar refractivity (Wildman–Crippen MR) is 72.7 cm³/mol. The van der Waals surface area contributed by atoms with E-state index in [0.717, 1.165) is 25.5 Å². The van der Waals surface area contributed by atoms with Gasteiger partial charge in [-0.2, -0.15) is 0 Å². The van der Waals surface area contributed by atoms with Gasteiger partial charge in [-0.15, -0.1) is 0 Å². The Labute approximate surface area is 113 Å². The zero-order chi connectivity index (χ0) is 14.0. The van der Waals surface area contributed by atoms with E-state index in [9.17, 15) is 8.78 Å². The summed E-state index contributed by atoms with van der Waals surface area (Å²) in [5, 5.41) is 0. The summed E-state index contributed by atoms with van der Waals surface area (Å²) in [5.74, 6) is -0.541. The summed E-state index contributed by atoms with van der Waals surface area (Å²) in [4.78, 5) is 2.30. The highest BCUT2D eigenvalue weighted by atomic mass is 19.1. The van der Waals surface area contributed by atoms with E-state index < -0.39 is 11.6 Å². The molecule has 0 amide bonds. The first-order chi connectivity index (χ1) is 9.01. The standard InChI is InChI=1S/C15H22F2N2/c1-10-3-4-12(8-18)9-19(10)11(2)13-5-14(16)7-15(17)6-13/h5-7,10-12H,3-4,8-9,18H2,1-2H3. The van der Waals surface area contributed by atoms with Gasteiger partial charge in [0.15, 0.2) is 0 Å². The summed E-state index contributed by atoms with van der Waals surface area (Å²) in [6.07, 6.45) is 2.22. The first-order valence-corrected chi connectivity index (χ1v) is 6.93. The van der Waals surface area contributed by atoms with Crippen molar-refractivity contribution in [3.05, 3.63) is 35.4 Å². The van der Waals surface area contributed by atoms with Gasteiger partial charge in [0, 0.05) is 24.7 Å². The van der Waals surface area contributed by atoms with Crippen molar-refractivity contribution in [3.8, 4) is 0 Å². The highest BCUT2D eigenvalue weighted by Crippen LogP contribution is 2.30. The van der Waals surface area contributed by atoms with Crippen LogP contribution in [0.1, 0.15) is 38.3 Å². The molecule has 3 unspecified atom stereocenters. The van der Waals surface area contributed by atoms with Crippen molar-refractivity contribution in [2.24, 2.45) is 11.7 Å². The van der Waals surface area contributed by atoms with E-state index in [2.05, 4.69) is 11.8 Å². The van der Waals surface area contributed by atoms with Crippen molar-refractivity contribution >= 4 is 0 Å². The summed E-state index contributed by atoms with van der Waals surface area (Å²) in [6.45, 7) is 5.74. The second-order valence-corrected chi connectivity index (χ2v) is 5.60. The SMILES string of the molecule is CC1CCC(CN)CN1C(C)c1cc(F)cc(F)c1. The molecular formula is C15H22F2N2. The molecule has 2 N–H and O–H groups in total. The number of hydrogen-bond donors (Lipinski definition) is 1. The molecule has 0 aromatic heterocycles. The van der Waals surface area contributed by atoms with Gasteiger partial charge in [0.05, 0.1) is 0 Å². The average molecular weight is 268 g/mol. The molecule has 0 aliphatic carbocycles. The van der Waals surface area contributed by atoms with E-state index in [-0.39, 0.29) is 6.04 Å². The van der Waals surface area contributed by atoms with E-state index in [4.69, 9.17) is 5.73 Å². The average Bonchev–Trinajstić information content (AvgIpc) is 2.37. The molecule has 3 atom stereocenters. The van der Waals surface area contributed by atoms with Gasteiger partial charge >= 0.3 is 0 Å². The molecule has 1 aliphatic rings. The first kappa shape index (κ1) is 14.4. The zero-order valence-electron chi connectivity index (χ0n) is 11.6. The quantitative estimate of drug-likeness (QED) is 0.912. The Morgan fingerprint density at radius 3 is 2.47 bits per heavy atom. The topological polar surface area (TPSA) is 29.3 Å². The second kappa shape index (κ2) is 5.97. The van der Waals surface area contributed by atoms with Gasteiger partial charge in [0.25, 0.3) is 0 Å². The van der Waals surface area contributed by atoms with Crippen LogP contribution in [0.25, 0.3) is 0 Å². The summed E-state index contributed by atoms with van der Waals surface area (Å²) in [6, 6.07) is 4.19. The maximum absolute atomic E-state index is 13.3. The molecule has 0 bridgehead atoms. The summed E-state index contributed by atoms with van der Waals surface area (Å²) < 4.78 is 26.6. The van der Waals surface area contributed by atoms with E-state index in [1.54, 1.807) is 0 Å². The van der Waals surface area contributed by atoms with E-state index in [1.165, 1.54) is 12.1 Å². The molecule has 1 heterocycles. The summed E-state index contributed by atoms with van der Waals surface area (Å²) in [7, 11) is 0. The largest absolute Gasteiger partial charge is 0.330 e. The monoisotopic (exact) mass is 268 g/mol. The lowest BCUT2D eigenvalue weighted by Crippen LogP contribution is -2.45. The molecule has 1 saturated heterocycles. The fraction of sp³-hybridized carbons (Fsp3) is 0.600. The molecule has 1 fully saturated rings. The molecule has 2 rings (SSSR count). The van der Waals surface area contributed by atoms with Crippen molar-refractivity contribution in [3.63, 3.8) is 0 Å². The predicted octanol–water partition coefficient (Wildman–Crippen LogP) is 3.09. The van der Waals surface area contributed by atoms with E-state index in [1.807, 2.05) is 6.92 Å². The van der Waals surface area contributed by atoms with Crippen molar-refractivity contribution in [1.29, 1.82) is 0 Å². The van der Waals surface area contributed by atoms with Crippen molar-refractivity contribution in [2.45, 2.75) is 38.8 Å². The van der Waals surface area contributed by atoms with Crippen LogP contribution in [0.15, 0.2) is 18.2 Å². The van der Waals surface area contributed by atoms with Crippen LogP contribution in [0.3, 0.4) is 0 Å². The smallest absolute Gasteiger partial charge is 0.126 e. The van der Waals surface area contributed by atoms with E-state index >= 15 is 0 Å². The van der Waals surface area contributed by atoms with Crippen LogP contribution in [0.2, 0.25) is 0 Å². The molecule has 1 aromatic rings. The van der Waals surface area contributed by atoms with Crippen molar-refractivity contribution in [1.82, 2.24) is 4.90 Å². The van der Waals surface area contributed by atoms with Crippen molar-refractivity contribution in [2.75, 3.05) is 13.1 Å². The van der Waals surface area contributed by atoms with Crippen LogP contribution in [0.5, 0.6) is 0 Å². The molecule has 106 valence electrons. The number of likely N-dealkylation sites (tertiary alicyclic amines) is 1. The highest BCUT2D eigenvalue weighted by Gasteiger charge is 2.29. The lowest BCUT2D eigenvalue weighted by atomic mass is 9.91. The van der Waals surface area contributed by atoms with Crippen LogP contribution < -0.4 is 5.73 Å². The highest BCUT2D eigenvalue weighted by molar-refractivity contribution is 5.21. The maximum Gasteiger partial charge on any atom is 0.126 e. The minimum atomic E-state index is -0.512. The number of nitrogens with two attached hydrogens (primary N) is 1. The van der Waals surface area contributed by atoms with Gasteiger partial charge in [-0.1, -0.05) is 0 Å². The Balaban J connectivity index is 2.19. The van der Waals surface area contributed by atoms with Gasteiger partial charge in [0.1, 0.15) is 11.6 Å². The molecule has 4 heteroatoms.